The zero-order valence-electron chi connectivity index (χ0n) is 12.5. The molecule has 8 nitrogen and oxygen atoms in total. The summed E-state index contributed by atoms with van der Waals surface area (Å²) >= 11 is 2.96. The maximum Gasteiger partial charge on any atom is 0.324 e. The lowest BCUT2D eigenvalue weighted by atomic mass is 10.3. The van der Waals surface area contributed by atoms with E-state index in [4.69, 9.17) is 0 Å². The van der Waals surface area contributed by atoms with Gasteiger partial charge in [-0.05, 0) is 28.8 Å². The van der Waals surface area contributed by atoms with Crippen molar-refractivity contribution in [3.8, 4) is 0 Å². The monoisotopic (exact) mass is 352 g/mol. The maximum atomic E-state index is 12.3. The van der Waals surface area contributed by atoms with Gasteiger partial charge in [-0.15, -0.1) is 16.4 Å². The molecule has 1 aliphatic heterocycles. The molecule has 0 aliphatic carbocycles. The van der Waals surface area contributed by atoms with E-state index in [0.717, 1.165) is 6.42 Å². The van der Waals surface area contributed by atoms with Gasteiger partial charge in [-0.2, -0.15) is 0 Å². The SMILES string of the molecule is C[C@@H](Sc1nnnn1CCc1cccs1)C(=O)N1CCNC1=O. The van der Waals surface area contributed by atoms with Crippen LogP contribution in [0.5, 0.6) is 0 Å². The van der Waals surface area contributed by atoms with Crippen LogP contribution < -0.4 is 5.32 Å². The van der Waals surface area contributed by atoms with Crippen molar-refractivity contribution in [3.05, 3.63) is 22.4 Å². The Labute approximate surface area is 141 Å². The van der Waals surface area contributed by atoms with Crippen molar-refractivity contribution < 1.29 is 9.59 Å². The van der Waals surface area contributed by atoms with E-state index in [1.807, 2.05) is 11.4 Å². The number of amides is 3. The van der Waals surface area contributed by atoms with Crippen LogP contribution in [0.2, 0.25) is 0 Å². The summed E-state index contributed by atoms with van der Waals surface area (Å²) in [5, 5.41) is 16.5. The van der Waals surface area contributed by atoms with Crippen molar-refractivity contribution in [1.82, 2.24) is 30.4 Å². The highest BCUT2D eigenvalue weighted by Gasteiger charge is 2.31. The number of tetrazole rings is 1. The molecular formula is C13H16N6O2S2. The number of hydrogen-bond acceptors (Lipinski definition) is 7. The largest absolute Gasteiger partial charge is 0.336 e. The van der Waals surface area contributed by atoms with E-state index in [1.165, 1.54) is 21.5 Å². The lowest BCUT2D eigenvalue weighted by Gasteiger charge is -2.16. The molecule has 10 heteroatoms. The zero-order chi connectivity index (χ0) is 16.2. The number of thiophene rings is 1. The van der Waals surface area contributed by atoms with Crippen LogP contribution in [0.25, 0.3) is 0 Å². The van der Waals surface area contributed by atoms with E-state index in [9.17, 15) is 9.59 Å². The molecule has 0 spiro atoms. The van der Waals surface area contributed by atoms with E-state index >= 15 is 0 Å². The molecule has 23 heavy (non-hydrogen) atoms. The molecule has 1 N–H and O–H groups in total. The van der Waals surface area contributed by atoms with Crippen LogP contribution in [-0.4, -0.2) is 55.4 Å². The Hall–Kier alpha value is -1.94. The first kappa shape index (κ1) is 15.9. The lowest BCUT2D eigenvalue weighted by Crippen LogP contribution is -2.39. The van der Waals surface area contributed by atoms with Crippen molar-refractivity contribution in [1.29, 1.82) is 0 Å². The van der Waals surface area contributed by atoms with Crippen LogP contribution in [0.3, 0.4) is 0 Å². The molecule has 3 heterocycles. The topological polar surface area (TPSA) is 93.0 Å². The lowest BCUT2D eigenvalue weighted by molar-refractivity contribution is -0.126. The summed E-state index contributed by atoms with van der Waals surface area (Å²) in [4.78, 5) is 26.4. The zero-order valence-corrected chi connectivity index (χ0v) is 14.1. The number of rotatable bonds is 6. The molecular weight excluding hydrogens is 336 g/mol. The van der Waals surface area contributed by atoms with E-state index in [2.05, 4.69) is 26.9 Å². The number of hydrogen-bond donors (Lipinski definition) is 1. The van der Waals surface area contributed by atoms with Crippen LogP contribution >= 0.6 is 23.1 Å². The van der Waals surface area contributed by atoms with E-state index in [-0.39, 0.29) is 11.9 Å². The van der Waals surface area contributed by atoms with Crippen molar-refractivity contribution in [2.75, 3.05) is 13.1 Å². The van der Waals surface area contributed by atoms with Gasteiger partial charge >= 0.3 is 6.03 Å². The summed E-state index contributed by atoms with van der Waals surface area (Å²) < 4.78 is 1.69. The Morgan fingerprint density at radius 1 is 1.57 bits per heavy atom. The minimum absolute atomic E-state index is 0.224. The molecule has 0 radical (unpaired) electrons. The number of carbonyl (C=O) groups excluding carboxylic acids is 2. The number of carbonyl (C=O) groups is 2. The third-order valence-corrected chi connectivity index (χ3v) is 5.40. The first-order valence-electron chi connectivity index (χ1n) is 7.19. The van der Waals surface area contributed by atoms with Gasteiger partial charge in [0.05, 0.1) is 11.8 Å². The normalized spacial score (nSPS) is 15.7. The first-order chi connectivity index (χ1) is 11.1. The van der Waals surface area contributed by atoms with Crippen LogP contribution in [0.1, 0.15) is 11.8 Å². The number of nitrogens with one attached hydrogen (secondary N) is 1. The molecule has 1 saturated heterocycles. The van der Waals surface area contributed by atoms with Gasteiger partial charge in [-0.1, -0.05) is 17.8 Å². The third kappa shape index (κ3) is 3.70. The second kappa shape index (κ2) is 7.09. The highest BCUT2D eigenvalue weighted by atomic mass is 32.2. The molecule has 0 unspecified atom stereocenters. The molecule has 1 atom stereocenters. The summed E-state index contributed by atoms with van der Waals surface area (Å²) in [5.74, 6) is -0.224. The van der Waals surface area contributed by atoms with Crippen LogP contribution in [0, 0.1) is 0 Å². The fraction of sp³-hybridized carbons (Fsp3) is 0.462. The fourth-order valence-electron chi connectivity index (χ4n) is 2.20. The van der Waals surface area contributed by atoms with Crippen LogP contribution in [-0.2, 0) is 17.8 Å². The van der Waals surface area contributed by atoms with Gasteiger partial charge in [0.25, 0.3) is 0 Å². The van der Waals surface area contributed by atoms with Crippen molar-refractivity contribution in [3.63, 3.8) is 0 Å². The first-order valence-corrected chi connectivity index (χ1v) is 8.95. The van der Waals surface area contributed by atoms with Crippen molar-refractivity contribution in [2.24, 2.45) is 0 Å². The molecule has 3 rings (SSSR count). The molecule has 1 aliphatic rings. The van der Waals surface area contributed by atoms with Gasteiger partial charge in [-0.25, -0.2) is 9.48 Å². The van der Waals surface area contributed by atoms with Gasteiger partial charge < -0.3 is 5.32 Å². The van der Waals surface area contributed by atoms with Crippen molar-refractivity contribution in [2.45, 2.75) is 30.3 Å². The van der Waals surface area contributed by atoms with E-state index in [1.54, 1.807) is 22.9 Å². The molecule has 0 aromatic carbocycles. The van der Waals surface area contributed by atoms with Crippen LogP contribution in [0.15, 0.2) is 22.7 Å². The summed E-state index contributed by atoms with van der Waals surface area (Å²) in [5.41, 5.74) is 0. The number of aryl methyl sites for hydroxylation is 2. The molecule has 122 valence electrons. The highest BCUT2D eigenvalue weighted by Crippen LogP contribution is 2.23. The molecule has 0 saturated carbocycles. The molecule has 2 aromatic heterocycles. The van der Waals surface area contributed by atoms with Gasteiger partial charge in [0.2, 0.25) is 11.1 Å². The van der Waals surface area contributed by atoms with Gasteiger partial charge in [0.15, 0.2) is 0 Å². The third-order valence-electron chi connectivity index (χ3n) is 3.40. The Morgan fingerprint density at radius 3 is 3.13 bits per heavy atom. The average molecular weight is 352 g/mol. The number of nitrogens with zero attached hydrogens (tertiary/aromatic N) is 5. The van der Waals surface area contributed by atoms with Gasteiger partial charge in [0.1, 0.15) is 0 Å². The standard InChI is InChI=1S/C13H16N6O2S2/c1-9(11(20)18-7-5-14-12(18)21)23-13-15-16-17-19(13)6-4-10-3-2-8-22-10/h2-3,8-9H,4-7H2,1H3,(H,14,21)/t9-/m1/s1. The predicted octanol–water partition coefficient (Wildman–Crippen LogP) is 1.01. The molecule has 2 aromatic rings. The maximum absolute atomic E-state index is 12.3. The Kier molecular flexibility index (Phi) is 4.91. The minimum atomic E-state index is -0.426. The average Bonchev–Trinajstić information content (AvgIpc) is 3.26. The molecule has 1 fully saturated rings. The second-order valence-corrected chi connectivity index (χ2v) is 7.34. The number of imide groups is 1. The second-order valence-electron chi connectivity index (χ2n) is 5.00. The van der Waals surface area contributed by atoms with Crippen molar-refractivity contribution >= 4 is 35.0 Å². The summed E-state index contributed by atoms with van der Waals surface area (Å²) in [6, 6.07) is 3.75. The van der Waals surface area contributed by atoms with E-state index in [0.29, 0.717) is 24.8 Å². The van der Waals surface area contributed by atoms with Gasteiger partial charge in [0, 0.05) is 24.4 Å². The highest BCUT2D eigenvalue weighted by molar-refractivity contribution is 8.00. The number of thioether (sulfide) groups is 1. The predicted molar refractivity (Wildman–Crippen MR) is 86.3 cm³/mol. The smallest absolute Gasteiger partial charge is 0.324 e. The Balaban J connectivity index is 1.60. The van der Waals surface area contributed by atoms with Crippen LogP contribution in [0.4, 0.5) is 4.79 Å². The minimum Gasteiger partial charge on any atom is -0.336 e. The summed E-state index contributed by atoms with van der Waals surface area (Å²) in [6.45, 7) is 3.32. The molecule has 3 amide bonds. The quantitative estimate of drug-likeness (QED) is 0.780. The fourth-order valence-corrected chi connectivity index (χ4v) is 3.78. The summed E-state index contributed by atoms with van der Waals surface area (Å²) in [6.07, 6.45) is 0.840. The van der Waals surface area contributed by atoms with E-state index < -0.39 is 5.25 Å². The number of aromatic nitrogens is 4. The number of urea groups is 1. The Morgan fingerprint density at radius 2 is 2.43 bits per heavy atom. The Bertz CT molecular complexity index is 686. The van der Waals surface area contributed by atoms with Gasteiger partial charge in [-0.3, -0.25) is 9.69 Å². The molecule has 0 bridgehead atoms. The summed E-state index contributed by atoms with van der Waals surface area (Å²) in [7, 11) is 0.